The molecule has 1 aromatic carbocycles. The number of ether oxygens (including phenoxy) is 1. The Morgan fingerprint density at radius 2 is 2.19 bits per heavy atom. The summed E-state index contributed by atoms with van der Waals surface area (Å²) in [6.45, 7) is 2.55. The zero-order valence-corrected chi connectivity index (χ0v) is 12.3. The van der Waals surface area contributed by atoms with Gasteiger partial charge in [0.25, 0.3) is 0 Å². The number of halogens is 1. The maximum atomic E-state index is 9.10. The van der Waals surface area contributed by atoms with Gasteiger partial charge in [0.15, 0.2) is 0 Å². The number of nitrogens with two attached hydrogens (primary N) is 1. The van der Waals surface area contributed by atoms with E-state index in [-0.39, 0.29) is 0 Å². The second-order valence-corrected chi connectivity index (χ2v) is 4.80. The van der Waals surface area contributed by atoms with Crippen molar-refractivity contribution in [3.05, 3.63) is 40.9 Å². The molecule has 108 valence electrons. The lowest BCUT2D eigenvalue weighted by atomic mass is 10.2. The van der Waals surface area contributed by atoms with Crippen molar-refractivity contribution in [1.29, 1.82) is 5.26 Å². The van der Waals surface area contributed by atoms with Crippen LogP contribution in [0.15, 0.2) is 30.3 Å². The quantitative estimate of drug-likeness (QED) is 0.879. The van der Waals surface area contributed by atoms with Crippen molar-refractivity contribution in [2.24, 2.45) is 0 Å². The number of nitrogens with zero attached hydrogens (tertiary/aromatic N) is 2. The Hall–Kier alpha value is -2.45. The number of pyridine rings is 1. The molecule has 0 saturated carbocycles. The summed E-state index contributed by atoms with van der Waals surface area (Å²) >= 11 is 5.95. The number of hydrogen-bond donors (Lipinski definition) is 2. The SMILES string of the molecule is CCCOc1nc(Nc2cc(Cl)ccc2C#N)ccc1N. The highest BCUT2D eigenvalue weighted by atomic mass is 35.5. The van der Waals surface area contributed by atoms with E-state index in [1.807, 2.05) is 6.92 Å². The smallest absolute Gasteiger partial charge is 0.239 e. The first kappa shape index (κ1) is 14.9. The van der Waals surface area contributed by atoms with Gasteiger partial charge in [0.2, 0.25) is 5.88 Å². The standard InChI is InChI=1S/C15H15ClN4O/c1-2-7-21-15-12(18)5-6-14(20-15)19-13-8-11(16)4-3-10(13)9-17/h3-6,8H,2,7,18H2,1H3,(H,19,20). The Kier molecular flexibility index (Phi) is 4.85. The Morgan fingerprint density at radius 1 is 1.38 bits per heavy atom. The van der Waals surface area contributed by atoms with Crippen LogP contribution < -0.4 is 15.8 Å². The number of benzene rings is 1. The fourth-order valence-electron chi connectivity index (χ4n) is 1.69. The number of aromatic nitrogens is 1. The number of anilines is 3. The fourth-order valence-corrected chi connectivity index (χ4v) is 1.86. The van der Waals surface area contributed by atoms with Gasteiger partial charge in [0.05, 0.1) is 23.5 Å². The molecule has 21 heavy (non-hydrogen) atoms. The number of nitrogen functional groups attached to an aromatic ring is 1. The largest absolute Gasteiger partial charge is 0.476 e. The monoisotopic (exact) mass is 302 g/mol. The van der Waals surface area contributed by atoms with Gasteiger partial charge >= 0.3 is 0 Å². The Balaban J connectivity index is 2.28. The average molecular weight is 303 g/mol. The second kappa shape index (κ2) is 6.82. The first-order valence-corrected chi connectivity index (χ1v) is 6.88. The molecule has 0 aliphatic heterocycles. The minimum atomic E-state index is 0.377. The van der Waals surface area contributed by atoms with E-state index in [9.17, 15) is 0 Å². The van der Waals surface area contributed by atoms with Crippen molar-refractivity contribution in [1.82, 2.24) is 4.98 Å². The minimum absolute atomic E-state index is 0.377. The molecule has 0 atom stereocenters. The third-order valence-electron chi connectivity index (χ3n) is 2.70. The Bertz CT molecular complexity index is 682. The molecular weight excluding hydrogens is 288 g/mol. The van der Waals surface area contributed by atoms with E-state index in [1.165, 1.54) is 0 Å². The van der Waals surface area contributed by atoms with E-state index in [0.29, 0.717) is 40.3 Å². The van der Waals surface area contributed by atoms with Gasteiger partial charge in [0.1, 0.15) is 11.9 Å². The molecule has 0 spiro atoms. The molecule has 0 bridgehead atoms. The van der Waals surface area contributed by atoms with E-state index < -0.39 is 0 Å². The molecule has 5 nitrogen and oxygen atoms in total. The van der Waals surface area contributed by atoms with Crippen LogP contribution in [0.5, 0.6) is 5.88 Å². The van der Waals surface area contributed by atoms with Gasteiger partial charge in [0, 0.05) is 5.02 Å². The predicted octanol–water partition coefficient (Wildman–Crippen LogP) is 3.72. The van der Waals surface area contributed by atoms with Crippen molar-refractivity contribution in [3.8, 4) is 11.9 Å². The van der Waals surface area contributed by atoms with Crippen LogP contribution in [0.25, 0.3) is 0 Å². The summed E-state index contributed by atoms with van der Waals surface area (Å²) in [5, 5.41) is 12.7. The van der Waals surface area contributed by atoms with Crippen LogP contribution in [-0.2, 0) is 0 Å². The van der Waals surface area contributed by atoms with E-state index in [2.05, 4.69) is 16.4 Å². The maximum Gasteiger partial charge on any atom is 0.239 e. The summed E-state index contributed by atoms with van der Waals surface area (Å²) < 4.78 is 5.48. The molecular formula is C15H15ClN4O. The summed E-state index contributed by atoms with van der Waals surface area (Å²) in [7, 11) is 0. The number of hydrogen-bond acceptors (Lipinski definition) is 5. The molecule has 1 heterocycles. The van der Waals surface area contributed by atoms with Gasteiger partial charge in [-0.25, -0.2) is 0 Å². The van der Waals surface area contributed by atoms with E-state index in [0.717, 1.165) is 6.42 Å². The van der Waals surface area contributed by atoms with Crippen LogP contribution in [0.4, 0.5) is 17.2 Å². The first-order chi connectivity index (χ1) is 10.1. The highest BCUT2D eigenvalue weighted by Crippen LogP contribution is 2.26. The van der Waals surface area contributed by atoms with Gasteiger partial charge in [-0.2, -0.15) is 10.2 Å². The molecule has 0 fully saturated rings. The molecule has 0 radical (unpaired) electrons. The zero-order valence-electron chi connectivity index (χ0n) is 11.6. The fraction of sp³-hybridized carbons (Fsp3) is 0.200. The van der Waals surface area contributed by atoms with Crippen LogP contribution in [0.1, 0.15) is 18.9 Å². The Morgan fingerprint density at radius 3 is 2.90 bits per heavy atom. The van der Waals surface area contributed by atoms with Crippen LogP contribution in [0.2, 0.25) is 5.02 Å². The van der Waals surface area contributed by atoms with Crippen molar-refractivity contribution < 1.29 is 4.74 Å². The molecule has 0 aliphatic carbocycles. The summed E-state index contributed by atoms with van der Waals surface area (Å²) in [6.07, 6.45) is 0.867. The van der Waals surface area contributed by atoms with Crippen LogP contribution in [-0.4, -0.2) is 11.6 Å². The van der Waals surface area contributed by atoms with Crippen molar-refractivity contribution in [3.63, 3.8) is 0 Å². The zero-order chi connectivity index (χ0) is 15.2. The molecule has 1 aromatic heterocycles. The van der Waals surface area contributed by atoms with E-state index in [4.69, 9.17) is 27.3 Å². The van der Waals surface area contributed by atoms with Gasteiger partial charge in [-0.1, -0.05) is 18.5 Å². The highest BCUT2D eigenvalue weighted by Gasteiger charge is 2.07. The van der Waals surface area contributed by atoms with Crippen molar-refractivity contribution in [2.75, 3.05) is 17.7 Å². The van der Waals surface area contributed by atoms with Gasteiger partial charge in [-0.3, -0.25) is 0 Å². The maximum absolute atomic E-state index is 9.10. The predicted molar refractivity (Wildman–Crippen MR) is 83.9 cm³/mol. The van der Waals surface area contributed by atoms with Crippen LogP contribution >= 0.6 is 11.6 Å². The third kappa shape index (κ3) is 3.77. The molecule has 2 aromatic rings. The van der Waals surface area contributed by atoms with Gasteiger partial charge in [-0.05, 0) is 36.8 Å². The van der Waals surface area contributed by atoms with Crippen molar-refractivity contribution in [2.45, 2.75) is 13.3 Å². The lowest BCUT2D eigenvalue weighted by molar-refractivity contribution is 0.307. The Labute approximate surface area is 128 Å². The second-order valence-electron chi connectivity index (χ2n) is 4.37. The normalized spacial score (nSPS) is 9.95. The molecule has 0 aliphatic rings. The lowest BCUT2D eigenvalue weighted by Gasteiger charge is -2.11. The van der Waals surface area contributed by atoms with Gasteiger partial charge < -0.3 is 15.8 Å². The molecule has 0 unspecified atom stereocenters. The summed E-state index contributed by atoms with van der Waals surface area (Å²) in [4.78, 5) is 4.30. The van der Waals surface area contributed by atoms with Crippen molar-refractivity contribution >= 4 is 28.8 Å². The summed E-state index contributed by atoms with van der Waals surface area (Å²) in [5.41, 5.74) is 7.36. The summed E-state index contributed by atoms with van der Waals surface area (Å²) in [5.74, 6) is 0.913. The molecule has 6 heteroatoms. The third-order valence-corrected chi connectivity index (χ3v) is 2.93. The van der Waals surface area contributed by atoms with E-state index in [1.54, 1.807) is 30.3 Å². The number of nitrogens with one attached hydrogen (secondary N) is 1. The number of nitriles is 1. The summed E-state index contributed by atoms with van der Waals surface area (Å²) in [6, 6.07) is 10.5. The van der Waals surface area contributed by atoms with E-state index >= 15 is 0 Å². The number of rotatable bonds is 5. The van der Waals surface area contributed by atoms with Crippen LogP contribution in [0.3, 0.4) is 0 Å². The lowest BCUT2D eigenvalue weighted by Crippen LogP contribution is -2.03. The van der Waals surface area contributed by atoms with Gasteiger partial charge in [-0.15, -0.1) is 0 Å². The highest BCUT2D eigenvalue weighted by molar-refractivity contribution is 6.30. The molecule has 2 rings (SSSR count). The molecule has 0 saturated heterocycles. The van der Waals surface area contributed by atoms with Crippen LogP contribution in [0, 0.1) is 11.3 Å². The topological polar surface area (TPSA) is 84.0 Å². The molecule has 0 amide bonds. The average Bonchev–Trinajstić information content (AvgIpc) is 2.48. The molecule has 3 N–H and O–H groups in total. The first-order valence-electron chi connectivity index (χ1n) is 6.50. The minimum Gasteiger partial charge on any atom is -0.476 e.